The Bertz CT molecular complexity index is 306. The van der Waals surface area contributed by atoms with Gasteiger partial charge >= 0.3 is 0 Å². The van der Waals surface area contributed by atoms with Crippen molar-refractivity contribution in [1.82, 2.24) is 16.0 Å². The fourth-order valence-corrected chi connectivity index (χ4v) is 3.34. The lowest BCUT2D eigenvalue weighted by Gasteiger charge is -2.24. The number of nitrogens with one attached hydrogen (secondary N) is 3. The standard InChI is InChI=1S/C12H21N3O2S/c16-11(8-18-9-3-6-13-7-4-9)15-10-2-1-5-14-12(10)17/h9-10,13H,1-8H2,(H,14,17)(H,15,16). The van der Waals surface area contributed by atoms with Gasteiger partial charge in [0.2, 0.25) is 11.8 Å². The fourth-order valence-electron chi connectivity index (χ4n) is 2.30. The molecule has 0 aromatic carbocycles. The number of amides is 2. The number of carbonyl (C=O) groups is 2. The van der Waals surface area contributed by atoms with Crippen molar-refractivity contribution >= 4 is 23.6 Å². The third-order valence-corrected chi connectivity index (χ3v) is 4.73. The lowest BCUT2D eigenvalue weighted by molar-refractivity contribution is -0.129. The van der Waals surface area contributed by atoms with Gasteiger partial charge in [0.05, 0.1) is 5.75 Å². The van der Waals surface area contributed by atoms with Crippen molar-refractivity contribution in [3.8, 4) is 0 Å². The van der Waals surface area contributed by atoms with Gasteiger partial charge in [-0.05, 0) is 38.8 Å². The summed E-state index contributed by atoms with van der Waals surface area (Å²) in [4.78, 5) is 23.3. The van der Waals surface area contributed by atoms with E-state index >= 15 is 0 Å². The largest absolute Gasteiger partial charge is 0.354 e. The van der Waals surface area contributed by atoms with Crippen LogP contribution in [0.5, 0.6) is 0 Å². The van der Waals surface area contributed by atoms with Crippen molar-refractivity contribution < 1.29 is 9.59 Å². The topological polar surface area (TPSA) is 70.2 Å². The number of thioether (sulfide) groups is 1. The Morgan fingerprint density at radius 3 is 2.78 bits per heavy atom. The molecule has 0 radical (unpaired) electrons. The van der Waals surface area contributed by atoms with E-state index in [0.717, 1.165) is 45.3 Å². The molecule has 2 amide bonds. The van der Waals surface area contributed by atoms with Crippen LogP contribution in [-0.4, -0.2) is 48.5 Å². The molecule has 3 N–H and O–H groups in total. The van der Waals surface area contributed by atoms with Gasteiger partial charge in [0.25, 0.3) is 0 Å². The number of piperidine rings is 2. The van der Waals surface area contributed by atoms with Crippen LogP contribution in [-0.2, 0) is 9.59 Å². The predicted molar refractivity (Wildman–Crippen MR) is 72.5 cm³/mol. The highest BCUT2D eigenvalue weighted by molar-refractivity contribution is 8.00. The van der Waals surface area contributed by atoms with E-state index in [4.69, 9.17) is 0 Å². The summed E-state index contributed by atoms with van der Waals surface area (Å²) in [6, 6.07) is -0.320. The van der Waals surface area contributed by atoms with Gasteiger partial charge in [-0.1, -0.05) is 0 Å². The molecular formula is C12H21N3O2S. The van der Waals surface area contributed by atoms with Crippen LogP contribution >= 0.6 is 11.8 Å². The fraction of sp³-hybridized carbons (Fsp3) is 0.833. The molecule has 2 aliphatic rings. The smallest absolute Gasteiger partial charge is 0.242 e. The zero-order valence-corrected chi connectivity index (χ0v) is 11.4. The third kappa shape index (κ3) is 4.17. The van der Waals surface area contributed by atoms with Gasteiger partial charge in [-0.2, -0.15) is 0 Å². The van der Waals surface area contributed by atoms with Gasteiger partial charge < -0.3 is 16.0 Å². The van der Waals surface area contributed by atoms with E-state index in [2.05, 4.69) is 16.0 Å². The number of hydrogen-bond donors (Lipinski definition) is 3. The van der Waals surface area contributed by atoms with Crippen molar-refractivity contribution in [2.75, 3.05) is 25.4 Å². The van der Waals surface area contributed by atoms with Crippen molar-refractivity contribution in [3.63, 3.8) is 0 Å². The Labute approximate surface area is 112 Å². The van der Waals surface area contributed by atoms with Gasteiger partial charge in [0.15, 0.2) is 0 Å². The predicted octanol–water partition coefficient (Wildman–Crippen LogP) is -0.134. The molecule has 0 aromatic heterocycles. The van der Waals surface area contributed by atoms with Crippen molar-refractivity contribution in [2.24, 2.45) is 0 Å². The average Bonchev–Trinajstić information content (AvgIpc) is 2.40. The minimum Gasteiger partial charge on any atom is -0.354 e. The summed E-state index contributed by atoms with van der Waals surface area (Å²) < 4.78 is 0. The van der Waals surface area contributed by atoms with Crippen molar-refractivity contribution in [3.05, 3.63) is 0 Å². The molecule has 0 bridgehead atoms. The summed E-state index contributed by atoms with van der Waals surface area (Å²) >= 11 is 1.71. The van der Waals surface area contributed by atoms with Crippen LogP contribution in [0.25, 0.3) is 0 Å². The van der Waals surface area contributed by atoms with Crippen LogP contribution in [0.3, 0.4) is 0 Å². The Morgan fingerprint density at radius 1 is 1.28 bits per heavy atom. The van der Waals surface area contributed by atoms with E-state index in [1.165, 1.54) is 0 Å². The molecule has 0 aliphatic carbocycles. The Morgan fingerprint density at radius 2 is 2.06 bits per heavy atom. The van der Waals surface area contributed by atoms with Crippen LogP contribution in [0.4, 0.5) is 0 Å². The van der Waals surface area contributed by atoms with Gasteiger partial charge in [-0.3, -0.25) is 9.59 Å². The molecule has 1 unspecified atom stereocenters. The SMILES string of the molecule is O=C(CSC1CCNCC1)NC1CCCNC1=O. The van der Waals surface area contributed by atoms with Crippen LogP contribution in [0.1, 0.15) is 25.7 Å². The molecule has 2 heterocycles. The highest BCUT2D eigenvalue weighted by Gasteiger charge is 2.24. The van der Waals surface area contributed by atoms with Crippen LogP contribution in [0.15, 0.2) is 0 Å². The molecule has 18 heavy (non-hydrogen) atoms. The maximum atomic E-state index is 11.8. The molecule has 0 saturated carbocycles. The van der Waals surface area contributed by atoms with E-state index in [1.54, 1.807) is 11.8 Å². The van der Waals surface area contributed by atoms with Crippen molar-refractivity contribution in [2.45, 2.75) is 37.0 Å². The maximum absolute atomic E-state index is 11.8. The normalized spacial score (nSPS) is 25.6. The Kier molecular flexibility index (Phi) is 5.31. The first-order valence-electron chi connectivity index (χ1n) is 6.65. The Hall–Kier alpha value is -0.750. The molecule has 2 fully saturated rings. The summed E-state index contributed by atoms with van der Waals surface area (Å²) in [6.45, 7) is 2.82. The molecule has 0 spiro atoms. The quantitative estimate of drug-likeness (QED) is 0.666. The molecular weight excluding hydrogens is 250 g/mol. The number of hydrogen-bond acceptors (Lipinski definition) is 4. The van der Waals surface area contributed by atoms with Crippen LogP contribution in [0, 0.1) is 0 Å². The highest BCUT2D eigenvalue weighted by Crippen LogP contribution is 2.19. The molecule has 0 aromatic rings. The monoisotopic (exact) mass is 271 g/mol. The lowest BCUT2D eigenvalue weighted by atomic mass is 10.1. The lowest BCUT2D eigenvalue weighted by Crippen LogP contribution is -2.50. The van der Waals surface area contributed by atoms with Gasteiger partial charge in [-0.25, -0.2) is 0 Å². The molecule has 2 saturated heterocycles. The van der Waals surface area contributed by atoms with E-state index in [0.29, 0.717) is 11.0 Å². The summed E-state index contributed by atoms with van der Waals surface area (Å²) in [5, 5.41) is 9.48. The summed E-state index contributed by atoms with van der Waals surface area (Å²) in [5.41, 5.74) is 0. The average molecular weight is 271 g/mol. The highest BCUT2D eigenvalue weighted by atomic mass is 32.2. The van der Waals surface area contributed by atoms with Gasteiger partial charge in [-0.15, -0.1) is 11.8 Å². The molecule has 2 aliphatic heterocycles. The Balaban J connectivity index is 1.66. The molecule has 102 valence electrons. The minimum absolute atomic E-state index is 0.0133. The summed E-state index contributed by atoms with van der Waals surface area (Å²) in [7, 11) is 0. The molecule has 2 rings (SSSR count). The minimum atomic E-state index is -0.320. The van der Waals surface area contributed by atoms with Crippen LogP contribution < -0.4 is 16.0 Å². The zero-order chi connectivity index (χ0) is 12.8. The first kappa shape index (κ1) is 13.7. The molecule has 5 nitrogen and oxygen atoms in total. The van der Waals surface area contributed by atoms with Gasteiger partial charge in [0.1, 0.15) is 6.04 Å². The third-order valence-electron chi connectivity index (χ3n) is 3.36. The first-order valence-corrected chi connectivity index (χ1v) is 7.70. The second-order valence-corrected chi connectivity index (χ2v) is 6.10. The van der Waals surface area contributed by atoms with Crippen molar-refractivity contribution in [1.29, 1.82) is 0 Å². The van der Waals surface area contributed by atoms with E-state index in [9.17, 15) is 9.59 Å². The number of carbonyl (C=O) groups excluding carboxylic acids is 2. The first-order chi connectivity index (χ1) is 8.75. The van der Waals surface area contributed by atoms with E-state index in [1.807, 2.05) is 0 Å². The molecule has 1 atom stereocenters. The van der Waals surface area contributed by atoms with E-state index in [-0.39, 0.29) is 17.9 Å². The maximum Gasteiger partial charge on any atom is 0.242 e. The number of rotatable bonds is 4. The zero-order valence-electron chi connectivity index (χ0n) is 10.5. The van der Waals surface area contributed by atoms with Crippen LogP contribution in [0.2, 0.25) is 0 Å². The second kappa shape index (κ2) is 6.99. The molecule has 6 heteroatoms. The van der Waals surface area contributed by atoms with E-state index < -0.39 is 0 Å². The summed E-state index contributed by atoms with van der Waals surface area (Å²) in [5.74, 6) is 0.413. The summed E-state index contributed by atoms with van der Waals surface area (Å²) in [6.07, 6.45) is 3.96. The second-order valence-electron chi connectivity index (χ2n) is 4.81. The van der Waals surface area contributed by atoms with Gasteiger partial charge in [0, 0.05) is 11.8 Å².